The van der Waals surface area contributed by atoms with Crippen molar-refractivity contribution in [1.29, 1.82) is 0 Å². The first-order valence-corrected chi connectivity index (χ1v) is 7.59. The van der Waals surface area contributed by atoms with E-state index in [4.69, 9.17) is 10.5 Å². The van der Waals surface area contributed by atoms with E-state index >= 15 is 0 Å². The van der Waals surface area contributed by atoms with Crippen LogP contribution in [0.15, 0.2) is 42.5 Å². The van der Waals surface area contributed by atoms with E-state index in [1.165, 1.54) is 22.3 Å². The van der Waals surface area contributed by atoms with Crippen LogP contribution < -0.4 is 10.5 Å². The van der Waals surface area contributed by atoms with Crippen molar-refractivity contribution in [3.8, 4) is 5.75 Å². The standard InChI is InChI=1S/C19H23NO/c1-19(2,3)21-15-10-11-17-14(12-15)9-8-13-6-4-5-7-16(13)18(17)20/h4-7,10-12,18H,8-9,20H2,1-3H3. The van der Waals surface area contributed by atoms with E-state index in [1.54, 1.807) is 0 Å². The van der Waals surface area contributed by atoms with Gasteiger partial charge in [-0.3, -0.25) is 0 Å². The molecule has 0 aromatic heterocycles. The summed E-state index contributed by atoms with van der Waals surface area (Å²) in [6, 6.07) is 14.8. The third-order valence-corrected chi connectivity index (χ3v) is 3.93. The van der Waals surface area contributed by atoms with E-state index < -0.39 is 0 Å². The maximum Gasteiger partial charge on any atom is 0.120 e. The molecular formula is C19H23NO. The van der Waals surface area contributed by atoms with Crippen LogP contribution in [0.3, 0.4) is 0 Å². The van der Waals surface area contributed by atoms with Crippen molar-refractivity contribution in [1.82, 2.24) is 0 Å². The molecule has 2 aromatic carbocycles. The van der Waals surface area contributed by atoms with Gasteiger partial charge in [0, 0.05) is 0 Å². The van der Waals surface area contributed by atoms with Crippen LogP contribution in [0.5, 0.6) is 5.75 Å². The number of hydrogen-bond acceptors (Lipinski definition) is 2. The fraction of sp³-hybridized carbons (Fsp3) is 0.368. The van der Waals surface area contributed by atoms with Crippen molar-refractivity contribution >= 4 is 0 Å². The SMILES string of the molecule is CC(C)(C)Oc1ccc2c(c1)CCc1ccccc1C2N. The number of rotatable bonds is 1. The average Bonchev–Trinajstić information content (AvgIpc) is 2.56. The molecule has 0 aliphatic heterocycles. The van der Waals surface area contributed by atoms with E-state index in [0.717, 1.165) is 18.6 Å². The van der Waals surface area contributed by atoms with Crippen LogP contribution in [0.2, 0.25) is 0 Å². The first-order valence-electron chi connectivity index (χ1n) is 7.59. The molecule has 0 bridgehead atoms. The molecule has 21 heavy (non-hydrogen) atoms. The zero-order valence-corrected chi connectivity index (χ0v) is 13.0. The van der Waals surface area contributed by atoms with Gasteiger partial charge in [0.25, 0.3) is 0 Å². The fourth-order valence-electron chi connectivity index (χ4n) is 3.02. The van der Waals surface area contributed by atoms with Crippen LogP contribution in [0.25, 0.3) is 0 Å². The molecule has 2 aromatic rings. The Labute approximate surface area is 126 Å². The summed E-state index contributed by atoms with van der Waals surface area (Å²) in [6.07, 6.45) is 2.05. The zero-order valence-electron chi connectivity index (χ0n) is 13.0. The van der Waals surface area contributed by atoms with Crippen molar-refractivity contribution in [2.45, 2.75) is 45.3 Å². The van der Waals surface area contributed by atoms with Crippen molar-refractivity contribution in [3.63, 3.8) is 0 Å². The van der Waals surface area contributed by atoms with Gasteiger partial charge in [-0.25, -0.2) is 0 Å². The Hall–Kier alpha value is -1.80. The van der Waals surface area contributed by atoms with Gasteiger partial charge in [0.05, 0.1) is 6.04 Å². The van der Waals surface area contributed by atoms with E-state index in [1.807, 2.05) is 6.07 Å². The van der Waals surface area contributed by atoms with Crippen LogP contribution >= 0.6 is 0 Å². The number of hydrogen-bond donors (Lipinski definition) is 1. The molecule has 1 unspecified atom stereocenters. The topological polar surface area (TPSA) is 35.2 Å². The van der Waals surface area contributed by atoms with E-state index in [-0.39, 0.29) is 11.6 Å². The molecule has 2 heteroatoms. The van der Waals surface area contributed by atoms with E-state index in [0.29, 0.717) is 0 Å². The van der Waals surface area contributed by atoms with Gasteiger partial charge >= 0.3 is 0 Å². The quantitative estimate of drug-likeness (QED) is 0.857. The summed E-state index contributed by atoms with van der Waals surface area (Å²) in [5, 5.41) is 0. The molecule has 1 atom stereocenters. The van der Waals surface area contributed by atoms with Gasteiger partial charge in [0.15, 0.2) is 0 Å². The van der Waals surface area contributed by atoms with Crippen LogP contribution in [-0.2, 0) is 12.8 Å². The summed E-state index contributed by atoms with van der Waals surface area (Å²) in [5.74, 6) is 0.930. The van der Waals surface area contributed by atoms with Gasteiger partial charge in [-0.05, 0) is 68.0 Å². The molecule has 0 radical (unpaired) electrons. The number of ether oxygens (including phenoxy) is 1. The lowest BCUT2D eigenvalue weighted by molar-refractivity contribution is 0.131. The highest BCUT2D eigenvalue weighted by Crippen LogP contribution is 2.33. The summed E-state index contributed by atoms with van der Waals surface area (Å²) in [4.78, 5) is 0. The average molecular weight is 281 g/mol. The van der Waals surface area contributed by atoms with Crippen LogP contribution in [0.1, 0.15) is 49.1 Å². The Morgan fingerprint density at radius 1 is 0.952 bits per heavy atom. The highest BCUT2D eigenvalue weighted by molar-refractivity contribution is 5.46. The Bertz CT molecular complexity index is 655. The Balaban J connectivity index is 1.99. The monoisotopic (exact) mass is 281 g/mol. The molecule has 2 nitrogen and oxygen atoms in total. The first kappa shape index (κ1) is 14.2. The predicted molar refractivity (Wildman–Crippen MR) is 86.7 cm³/mol. The van der Waals surface area contributed by atoms with Crippen molar-refractivity contribution in [2.24, 2.45) is 5.73 Å². The highest BCUT2D eigenvalue weighted by atomic mass is 16.5. The normalized spacial score (nSPS) is 17.6. The summed E-state index contributed by atoms with van der Waals surface area (Å²) < 4.78 is 5.98. The van der Waals surface area contributed by atoms with E-state index in [9.17, 15) is 0 Å². The van der Waals surface area contributed by atoms with Gasteiger partial charge in [-0.15, -0.1) is 0 Å². The summed E-state index contributed by atoms with van der Waals surface area (Å²) in [6.45, 7) is 6.21. The molecule has 1 aliphatic rings. The maximum atomic E-state index is 6.49. The van der Waals surface area contributed by atoms with Crippen LogP contribution in [-0.4, -0.2) is 5.60 Å². The largest absolute Gasteiger partial charge is 0.488 e. The Kier molecular flexibility index (Phi) is 3.50. The summed E-state index contributed by atoms with van der Waals surface area (Å²) >= 11 is 0. The zero-order chi connectivity index (χ0) is 15.0. The molecule has 0 fully saturated rings. The third-order valence-electron chi connectivity index (χ3n) is 3.93. The number of fused-ring (bicyclic) bond motifs is 2. The molecule has 0 heterocycles. The van der Waals surface area contributed by atoms with Crippen molar-refractivity contribution in [2.75, 3.05) is 0 Å². The molecule has 2 N–H and O–H groups in total. The summed E-state index contributed by atoms with van der Waals surface area (Å²) in [5.41, 5.74) is 11.5. The number of nitrogens with two attached hydrogens (primary N) is 1. The molecule has 3 rings (SSSR count). The molecule has 0 amide bonds. The molecule has 0 spiro atoms. The predicted octanol–water partition coefficient (Wildman–Crippen LogP) is 4.01. The minimum Gasteiger partial charge on any atom is -0.488 e. The lowest BCUT2D eigenvalue weighted by Gasteiger charge is -2.23. The smallest absolute Gasteiger partial charge is 0.120 e. The van der Waals surface area contributed by atoms with Crippen LogP contribution in [0.4, 0.5) is 0 Å². The maximum absolute atomic E-state index is 6.49. The minimum atomic E-state index is -0.177. The molecule has 0 saturated heterocycles. The molecule has 110 valence electrons. The lowest BCUT2D eigenvalue weighted by Crippen LogP contribution is -2.23. The van der Waals surface area contributed by atoms with Crippen LogP contribution in [0, 0.1) is 0 Å². The fourth-order valence-corrected chi connectivity index (χ4v) is 3.02. The molecule has 1 aliphatic carbocycles. The Morgan fingerprint density at radius 2 is 1.62 bits per heavy atom. The second-order valence-corrected chi connectivity index (χ2v) is 6.75. The second kappa shape index (κ2) is 5.19. The number of aryl methyl sites for hydroxylation is 2. The molecule has 0 saturated carbocycles. The summed E-state index contributed by atoms with van der Waals surface area (Å²) in [7, 11) is 0. The van der Waals surface area contributed by atoms with Gasteiger partial charge in [0.1, 0.15) is 11.4 Å². The van der Waals surface area contributed by atoms with Gasteiger partial charge in [0.2, 0.25) is 0 Å². The third kappa shape index (κ3) is 2.96. The van der Waals surface area contributed by atoms with Gasteiger partial charge in [-0.1, -0.05) is 30.3 Å². The Morgan fingerprint density at radius 3 is 2.38 bits per heavy atom. The second-order valence-electron chi connectivity index (χ2n) is 6.75. The first-order chi connectivity index (χ1) is 9.94. The van der Waals surface area contributed by atoms with Gasteiger partial charge in [-0.2, -0.15) is 0 Å². The van der Waals surface area contributed by atoms with Crippen molar-refractivity contribution < 1.29 is 4.74 Å². The number of benzene rings is 2. The van der Waals surface area contributed by atoms with E-state index in [2.05, 4.69) is 57.2 Å². The highest BCUT2D eigenvalue weighted by Gasteiger charge is 2.21. The van der Waals surface area contributed by atoms with Gasteiger partial charge < -0.3 is 10.5 Å². The van der Waals surface area contributed by atoms with Crippen molar-refractivity contribution in [3.05, 3.63) is 64.7 Å². The lowest BCUT2D eigenvalue weighted by atomic mass is 9.95. The minimum absolute atomic E-state index is 0.0395. The molecular weight excluding hydrogens is 258 g/mol.